The van der Waals surface area contributed by atoms with Gasteiger partial charge in [-0.15, -0.1) is 0 Å². The molecule has 126 valence electrons. The summed E-state index contributed by atoms with van der Waals surface area (Å²) in [6.07, 6.45) is 0.751. The van der Waals surface area contributed by atoms with E-state index < -0.39 is 11.0 Å². The first kappa shape index (κ1) is 15.4. The minimum atomic E-state index is -1.35. The predicted molar refractivity (Wildman–Crippen MR) is 97.2 cm³/mol. The highest BCUT2D eigenvalue weighted by Crippen LogP contribution is 2.58. The summed E-state index contributed by atoms with van der Waals surface area (Å²) in [5.74, 6) is 0.441. The Morgan fingerprint density at radius 2 is 1.37 bits per heavy atom. The van der Waals surface area contributed by atoms with Gasteiger partial charge in [-0.25, -0.2) is 0 Å². The second kappa shape index (κ2) is 5.06. The Morgan fingerprint density at radius 1 is 0.778 bits per heavy atom. The van der Waals surface area contributed by atoms with Crippen LogP contribution in [0.15, 0.2) is 66.7 Å². The lowest BCUT2D eigenvalue weighted by Gasteiger charge is -2.38. The van der Waals surface area contributed by atoms with Crippen molar-refractivity contribution in [1.29, 1.82) is 10.5 Å². The minimum Gasteiger partial charge on any atom is -0.464 e. The number of aldehydes is 1. The van der Waals surface area contributed by atoms with E-state index in [1.165, 1.54) is 0 Å². The summed E-state index contributed by atoms with van der Waals surface area (Å²) in [5, 5.41) is 20.7. The fourth-order valence-corrected chi connectivity index (χ4v) is 4.42. The summed E-state index contributed by atoms with van der Waals surface area (Å²) in [5.41, 5.74) is 1.31. The maximum Gasteiger partial charge on any atom is 0.246 e. The maximum atomic E-state index is 11.4. The van der Waals surface area contributed by atoms with Crippen LogP contribution in [0, 0.1) is 22.7 Å². The standard InChI is InChI=1S/C23H12N2O2/c24-13-22-16-5-1-3-7-18(16)23(14-25,19-8-4-2-6-17(19)22)27-21-10-9-15(12-26)11-20(21)22/h1-12H. The Bertz CT molecular complexity index is 1170. The maximum absolute atomic E-state index is 11.4. The van der Waals surface area contributed by atoms with Gasteiger partial charge >= 0.3 is 0 Å². The van der Waals surface area contributed by atoms with Gasteiger partial charge in [-0.3, -0.25) is 4.79 Å². The molecule has 0 amide bonds. The van der Waals surface area contributed by atoms with E-state index in [2.05, 4.69) is 12.1 Å². The van der Waals surface area contributed by atoms with Crippen LogP contribution in [0.2, 0.25) is 0 Å². The summed E-state index contributed by atoms with van der Waals surface area (Å²) in [6, 6.07) is 24.7. The highest BCUT2D eigenvalue weighted by atomic mass is 16.5. The molecule has 1 aliphatic carbocycles. The molecule has 4 nitrogen and oxygen atoms in total. The second-order valence-corrected chi connectivity index (χ2v) is 6.72. The first-order chi connectivity index (χ1) is 13.2. The molecule has 27 heavy (non-hydrogen) atoms. The molecule has 4 heteroatoms. The topological polar surface area (TPSA) is 73.9 Å². The van der Waals surface area contributed by atoms with Crippen LogP contribution in [0.5, 0.6) is 5.75 Å². The van der Waals surface area contributed by atoms with Crippen LogP contribution in [-0.4, -0.2) is 6.29 Å². The van der Waals surface area contributed by atoms with Crippen molar-refractivity contribution < 1.29 is 9.53 Å². The zero-order chi connectivity index (χ0) is 18.6. The lowest BCUT2D eigenvalue weighted by molar-refractivity contribution is 0.112. The minimum absolute atomic E-state index is 0.441. The average Bonchev–Trinajstić information content (AvgIpc) is 2.92. The van der Waals surface area contributed by atoms with Crippen LogP contribution in [-0.2, 0) is 11.0 Å². The fourth-order valence-electron chi connectivity index (χ4n) is 4.42. The Kier molecular flexibility index (Phi) is 2.88. The van der Waals surface area contributed by atoms with Crippen LogP contribution >= 0.6 is 0 Å². The number of carbonyl (C=O) groups is 1. The van der Waals surface area contributed by atoms with Gasteiger partial charge in [0.15, 0.2) is 0 Å². The highest BCUT2D eigenvalue weighted by molar-refractivity contribution is 5.79. The highest BCUT2D eigenvalue weighted by Gasteiger charge is 2.57. The van der Waals surface area contributed by atoms with E-state index in [4.69, 9.17) is 4.74 Å². The van der Waals surface area contributed by atoms with E-state index in [0.717, 1.165) is 17.4 Å². The summed E-state index contributed by atoms with van der Waals surface area (Å²) < 4.78 is 6.34. The van der Waals surface area contributed by atoms with Gasteiger partial charge in [0, 0.05) is 22.3 Å². The van der Waals surface area contributed by atoms with E-state index in [1.54, 1.807) is 18.2 Å². The summed E-state index contributed by atoms with van der Waals surface area (Å²) >= 11 is 0. The summed E-state index contributed by atoms with van der Waals surface area (Å²) in [4.78, 5) is 11.4. The number of hydrogen-bond donors (Lipinski definition) is 0. The number of ether oxygens (including phenoxy) is 1. The Labute approximate surface area is 155 Å². The van der Waals surface area contributed by atoms with E-state index in [1.807, 2.05) is 48.5 Å². The van der Waals surface area contributed by atoms with Gasteiger partial charge in [0.2, 0.25) is 5.60 Å². The van der Waals surface area contributed by atoms with Crippen molar-refractivity contribution in [2.75, 3.05) is 0 Å². The molecule has 0 fully saturated rings. The van der Waals surface area contributed by atoms with Crippen molar-refractivity contribution in [3.05, 3.63) is 100 Å². The normalized spacial score (nSPS) is 23.5. The monoisotopic (exact) mass is 348 g/mol. The van der Waals surface area contributed by atoms with Crippen molar-refractivity contribution >= 4 is 6.29 Å². The molecule has 2 heterocycles. The second-order valence-electron chi connectivity index (χ2n) is 6.72. The van der Waals surface area contributed by atoms with Crippen molar-refractivity contribution in [1.82, 2.24) is 0 Å². The van der Waals surface area contributed by atoms with Crippen molar-refractivity contribution in [3.63, 3.8) is 0 Å². The zero-order valence-electron chi connectivity index (χ0n) is 14.1. The van der Waals surface area contributed by atoms with Crippen LogP contribution in [0.3, 0.4) is 0 Å². The molecule has 0 N–H and O–H groups in total. The molecule has 3 aromatic carbocycles. The molecule has 2 aliphatic heterocycles. The number of hydrogen-bond acceptors (Lipinski definition) is 4. The number of rotatable bonds is 1. The van der Waals surface area contributed by atoms with E-state index in [0.29, 0.717) is 28.0 Å². The van der Waals surface area contributed by atoms with E-state index in [9.17, 15) is 15.3 Å². The van der Waals surface area contributed by atoms with Crippen molar-refractivity contribution in [2.24, 2.45) is 0 Å². The first-order valence-electron chi connectivity index (χ1n) is 8.52. The third kappa shape index (κ3) is 1.63. The Balaban J connectivity index is 2.07. The predicted octanol–water partition coefficient (Wildman–Crippen LogP) is 3.83. The Hall–Kier alpha value is -3.89. The molecule has 0 saturated heterocycles. The molecule has 3 aromatic rings. The molecule has 0 aromatic heterocycles. The lowest BCUT2D eigenvalue weighted by atomic mass is 9.60. The number of carbonyl (C=O) groups excluding carboxylic acids is 1. The molecule has 6 rings (SSSR count). The molecule has 0 saturated carbocycles. The van der Waals surface area contributed by atoms with Crippen LogP contribution in [0.25, 0.3) is 0 Å². The van der Waals surface area contributed by atoms with E-state index in [-0.39, 0.29) is 0 Å². The molecular formula is C23H12N2O2. The molecule has 3 aliphatic rings. The number of nitrogens with zero attached hydrogens (tertiary/aromatic N) is 2. The number of nitriles is 2. The summed E-state index contributed by atoms with van der Waals surface area (Å²) in [7, 11) is 0. The van der Waals surface area contributed by atoms with Gasteiger partial charge in [0.1, 0.15) is 23.5 Å². The van der Waals surface area contributed by atoms with Gasteiger partial charge in [0.25, 0.3) is 0 Å². The molecule has 0 atom stereocenters. The smallest absolute Gasteiger partial charge is 0.246 e. The van der Waals surface area contributed by atoms with Gasteiger partial charge in [-0.2, -0.15) is 10.5 Å². The molecule has 0 radical (unpaired) electrons. The van der Waals surface area contributed by atoms with Crippen LogP contribution in [0.4, 0.5) is 0 Å². The van der Waals surface area contributed by atoms with Gasteiger partial charge in [-0.1, -0.05) is 48.5 Å². The average molecular weight is 348 g/mol. The zero-order valence-corrected chi connectivity index (χ0v) is 14.1. The molecular weight excluding hydrogens is 336 g/mol. The lowest BCUT2D eigenvalue weighted by Crippen LogP contribution is -2.41. The van der Waals surface area contributed by atoms with Crippen LogP contribution < -0.4 is 4.74 Å². The first-order valence-corrected chi connectivity index (χ1v) is 8.52. The van der Waals surface area contributed by atoms with Gasteiger partial charge in [-0.05, 0) is 29.3 Å². The summed E-state index contributed by atoms with van der Waals surface area (Å²) in [6.45, 7) is 0. The Morgan fingerprint density at radius 3 is 1.89 bits per heavy atom. The van der Waals surface area contributed by atoms with Gasteiger partial charge < -0.3 is 4.74 Å². The quantitative estimate of drug-likeness (QED) is 0.627. The van der Waals surface area contributed by atoms with E-state index >= 15 is 0 Å². The molecule has 0 spiro atoms. The molecule has 0 unspecified atom stereocenters. The largest absolute Gasteiger partial charge is 0.464 e. The third-order valence-electron chi connectivity index (χ3n) is 5.55. The van der Waals surface area contributed by atoms with Crippen LogP contribution in [0.1, 0.15) is 38.2 Å². The number of benzene rings is 3. The third-order valence-corrected chi connectivity index (χ3v) is 5.55. The molecule has 2 bridgehead atoms. The van der Waals surface area contributed by atoms with Gasteiger partial charge in [0.05, 0.1) is 6.07 Å². The van der Waals surface area contributed by atoms with Crippen molar-refractivity contribution in [3.8, 4) is 17.9 Å². The van der Waals surface area contributed by atoms with Crippen molar-refractivity contribution in [2.45, 2.75) is 11.0 Å². The fraction of sp³-hybridized carbons (Fsp3) is 0.0870. The SMILES string of the molecule is N#CC12Oc3ccc(C=O)cc3C(C#N)(c3ccccc31)c1ccccc12.